The number of carboxylic acids is 1. The molecule has 3 rings (SSSR count). The summed E-state index contributed by atoms with van der Waals surface area (Å²) >= 11 is 0. The van der Waals surface area contributed by atoms with Crippen LogP contribution in [0.25, 0.3) is 10.9 Å². The van der Waals surface area contributed by atoms with Gasteiger partial charge in [0.1, 0.15) is 0 Å². The molecular weight excluding hydrogens is 385 g/mol. The van der Waals surface area contributed by atoms with Gasteiger partial charge in [0.05, 0.1) is 17.1 Å². The summed E-state index contributed by atoms with van der Waals surface area (Å²) in [6.07, 6.45) is -4.05. The molecule has 0 saturated carbocycles. The number of halogens is 3. The van der Waals surface area contributed by atoms with Gasteiger partial charge in [0.2, 0.25) is 0 Å². The number of carboxylic acid groups (broad SMARTS) is 1. The van der Waals surface area contributed by atoms with Crippen molar-refractivity contribution in [3.05, 3.63) is 71.4 Å². The van der Waals surface area contributed by atoms with E-state index < -0.39 is 29.9 Å². The summed E-state index contributed by atoms with van der Waals surface area (Å²) in [5.41, 5.74) is -2.66. The molecule has 8 heteroatoms. The second kappa shape index (κ2) is 7.60. The first-order valence-electron chi connectivity index (χ1n) is 8.76. The van der Waals surface area contributed by atoms with E-state index in [1.165, 1.54) is 29.7 Å². The molecule has 1 unspecified atom stereocenters. The van der Waals surface area contributed by atoms with Gasteiger partial charge in [-0.15, -0.1) is 0 Å². The Balaban J connectivity index is 2.32. The average Bonchev–Trinajstić information content (AvgIpc) is 3.03. The third kappa shape index (κ3) is 3.45. The van der Waals surface area contributed by atoms with Crippen LogP contribution in [0.2, 0.25) is 0 Å². The van der Waals surface area contributed by atoms with Gasteiger partial charge in [0, 0.05) is 30.3 Å². The van der Waals surface area contributed by atoms with Gasteiger partial charge in [-0.05, 0) is 24.6 Å². The van der Waals surface area contributed by atoms with E-state index in [0.29, 0.717) is 5.52 Å². The normalized spacial score (nSPS) is 13.8. The molecule has 2 aromatic carbocycles. The van der Waals surface area contributed by atoms with E-state index in [0.717, 1.165) is 11.8 Å². The van der Waals surface area contributed by atoms with E-state index in [-0.39, 0.29) is 17.5 Å². The molecule has 0 amide bonds. The number of hydrogen-bond acceptors (Lipinski definition) is 3. The van der Waals surface area contributed by atoms with Crippen molar-refractivity contribution in [3.8, 4) is 6.07 Å². The van der Waals surface area contributed by atoms with Crippen molar-refractivity contribution in [1.82, 2.24) is 4.57 Å². The Morgan fingerprint density at radius 2 is 1.90 bits per heavy atom. The first-order valence-corrected chi connectivity index (χ1v) is 8.76. The molecule has 1 N–H and O–H groups in total. The fourth-order valence-electron chi connectivity index (χ4n) is 3.38. The number of alkyl halides is 3. The minimum Gasteiger partial charge on any atom is -0.479 e. The number of nitrogens with zero attached hydrogens (tertiary/aromatic N) is 2. The lowest BCUT2D eigenvalue weighted by atomic mass is 9.92. The zero-order valence-electron chi connectivity index (χ0n) is 15.4. The SMILES string of the molecule is CCOC(C(=O)O)(c1cn(Cc2ccccc2)c2cc(C#N)ccc12)C(F)(F)F. The Hall–Kier alpha value is -3.31. The number of ether oxygens (including phenoxy) is 1. The summed E-state index contributed by atoms with van der Waals surface area (Å²) in [4.78, 5) is 11.9. The van der Waals surface area contributed by atoms with Crippen molar-refractivity contribution >= 4 is 16.9 Å². The zero-order valence-corrected chi connectivity index (χ0v) is 15.4. The van der Waals surface area contributed by atoms with Crippen LogP contribution in [-0.4, -0.2) is 28.4 Å². The number of aromatic nitrogens is 1. The van der Waals surface area contributed by atoms with E-state index in [2.05, 4.69) is 0 Å². The van der Waals surface area contributed by atoms with Gasteiger partial charge < -0.3 is 14.4 Å². The maximum atomic E-state index is 14.0. The molecule has 29 heavy (non-hydrogen) atoms. The van der Waals surface area contributed by atoms with Gasteiger partial charge in [0.25, 0.3) is 5.60 Å². The lowest BCUT2D eigenvalue weighted by Crippen LogP contribution is -2.51. The van der Waals surface area contributed by atoms with Crippen LogP contribution in [0.4, 0.5) is 13.2 Å². The van der Waals surface area contributed by atoms with E-state index in [1.807, 2.05) is 12.1 Å². The molecule has 1 atom stereocenters. The van der Waals surface area contributed by atoms with Crippen LogP contribution in [-0.2, 0) is 21.7 Å². The fraction of sp³-hybridized carbons (Fsp3) is 0.238. The highest BCUT2D eigenvalue weighted by Crippen LogP contribution is 2.46. The summed E-state index contributed by atoms with van der Waals surface area (Å²) in [5.74, 6) is -2.14. The Kier molecular flexibility index (Phi) is 5.36. The molecule has 150 valence electrons. The number of nitriles is 1. The number of aliphatic carboxylic acids is 1. The Bertz CT molecular complexity index is 1080. The van der Waals surface area contributed by atoms with Crippen LogP contribution in [0.3, 0.4) is 0 Å². The van der Waals surface area contributed by atoms with E-state index in [4.69, 9.17) is 4.74 Å². The molecule has 0 fully saturated rings. The van der Waals surface area contributed by atoms with Crippen molar-refractivity contribution in [2.45, 2.75) is 25.2 Å². The number of fused-ring (bicyclic) bond motifs is 1. The molecule has 5 nitrogen and oxygen atoms in total. The molecule has 0 saturated heterocycles. The molecular formula is C21H17F3N2O3. The number of carbonyl (C=O) groups is 1. The number of hydrogen-bond donors (Lipinski definition) is 1. The van der Waals surface area contributed by atoms with Gasteiger partial charge in [-0.1, -0.05) is 36.4 Å². The van der Waals surface area contributed by atoms with E-state index in [1.54, 1.807) is 24.3 Å². The lowest BCUT2D eigenvalue weighted by molar-refractivity contribution is -0.279. The standard InChI is InChI=1S/C21H17F3N2O3/c1-2-29-20(19(27)28,21(22,23)24)17-13-26(12-14-6-4-3-5-7-14)18-10-15(11-25)8-9-16(17)18/h3-10,13H,2,12H2,1H3,(H,27,28). The van der Waals surface area contributed by atoms with E-state index >= 15 is 0 Å². The average molecular weight is 402 g/mol. The summed E-state index contributed by atoms with van der Waals surface area (Å²) in [6.45, 7) is 1.06. The van der Waals surface area contributed by atoms with Crippen LogP contribution in [0.15, 0.2) is 54.7 Å². The van der Waals surface area contributed by atoms with Crippen molar-refractivity contribution in [1.29, 1.82) is 5.26 Å². The molecule has 0 bridgehead atoms. The molecule has 1 heterocycles. The minimum absolute atomic E-state index is 0.0631. The lowest BCUT2D eigenvalue weighted by Gasteiger charge is -2.31. The predicted molar refractivity (Wildman–Crippen MR) is 99.2 cm³/mol. The van der Waals surface area contributed by atoms with Crippen LogP contribution in [0.1, 0.15) is 23.6 Å². The molecule has 0 aliphatic heterocycles. The first kappa shape index (κ1) is 20.4. The fourth-order valence-corrected chi connectivity index (χ4v) is 3.38. The van der Waals surface area contributed by atoms with Crippen molar-refractivity contribution in [3.63, 3.8) is 0 Å². The maximum Gasteiger partial charge on any atom is 0.432 e. The number of rotatable bonds is 6. The third-order valence-corrected chi connectivity index (χ3v) is 4.65. The van der Waals surface area contributed by atoms with Crippen LogP contribution in [0.5, 0.6) is 0 Å². The largest absolute Gasteiger partial charge is 0.479 e. The highest BCUT2D eigenvalue weighted by atomic mass is 19.4. The summed E-state index contributed by atoms with van der Waals surface area (Å²) in [5, 5.41) is 18.8. The minimum atomic E-state index is -5.20. The Labute approximate surface area is 164 Å². The molecule has 1 aromatic heterocycles. The number of benzene rings is 2. The molecule has 0 aliphatic rings. The zero-order chi connectivity index (χ0) is 21.2. The first-order chi connectivity index (χ1) is 13.7. The molecule has 0 spiro atoms. The highest BCUT2D eigenvalue weighted by molar-refractivity contribution is 5.93. The van der Waals surface area contributed by atoms with Gasteiger partial charge >= 0.3 is 12.1 Å². The topological polar surface area (TPSA) is 75.2 Å². The van der Waals surface area contributed by atoms with E-state index in [9.17, 15) is 28.3 Å². The van der Waals surface area contributed by atoms with Crippen molar-refractivity contribution in [2.75, 3.05) is 6.61 Å². The highest BCUT2D eigenvalue weighted by Gasteiger charge is 2.64. The Morgan fingerprint density at radius 1 is 1.21 bits per heavy atom. The molecule has 0 aliphatic carbocycles. The van der Waals surface area contributed by atoms with Crippen molar-refractivity contribution < 1.29 is 27.8 Å². The van der Waals surface area contributed by atoms with Gasteiger partial charge in [-0.3, -0.25) is 0 Å². The van der Waals surface area contributed by atoms with Gasteiger partial charge in [0.15, 0.2) is 0 Å². The monoisotopic (exact) mass is 402 g/mol. The van der Waals surface area contributed by atoms with Crippen molar-refractivity contribution in [2.24, 2.45) is 0 Å². The molecule has 3 aromatic rings. The maximum absolute atomic E-state index is 14.0. The second-order valence-corrected chi connectivity index (χ2v) is 6.42. The summed E-state index contributed by atoms with van der Waals surface area (Å²) in [6, 6.07) is 15.1. The second-order valence-electron chi connectivity index (χ2n) is 6.42. The Morgan fingerprint density at radius 3 is 2.45 bits per heavy atom. The molecule has 0 radical (unpaired) electrons. The summed E-state index contributed by atoms with van der Waals surface area (Å²) in [7, 11) is 0. The van der Waals surface area contributed by atoms with Crippen LogP contribution < -0.4 is 0 Å². The van der Waals surface area contributed by atoms with Crippen LogP contribution >= 0.6 is 0 Å². The third-order valence-electron chi connectivity index (χ3n) is 4.65. The van der Waals surface area contributed by atoms with Gasteiger partial charge in [-0.25, -0.2) is 4.79 Å². The smallest absolute Gasteiger partial charge is 0.432 e. The quantitative estimate of drug-likeness (QED) is 0.662. The van der Waals surface area contributed by atoms with Crippen LogP contribution in [0, 0.1) is 11.3 Å². The predicted octanol–water partition coefficient (Wildman–Crippen LogP) is 4.44. The summed E-state index contributed by atoms with van der Waals surface area (Å²) < 4.78 is 48.5. The van der Waals surface area contributed by atoms with Gasteiger partial charge in [-0.2, -0.15) is 18.4 Å².